The Hall–Kier alpha value is -1.42. The molecule has 90 valence electrons. The molecule has 1 heterocycles. The molecule has 0 aliphatic rings. The van der Waals surface area contributed by atoms with Crippen LogP contribution in [0, 0.1) is 20.8 Å². The minimum Gasteiger partial charge on any atom is -0.310 e. The van der Waals surface area contributed by atoms with Gasteiger partial charge in [0.2, 0.25) is 0 Å². The van der Waals surface area contributed by atoms with E-state index in [-0.39, 0.29) is 10.9 Å². The molecule has 2 N–H and O–H groups in total. The summed E-state index contributed by atoms with van der Waals surface area (Å²) < 4.78 is 0. The Morgan fingerprint density at radius 1 is 1.12 bits per heavy atom. The van der Waals surface area contributed by atoms with Crippen molar-refractivity contribution >= 4 is 12.6 Å². The lowest BCUT2D eigenvalue weighted by atomic mass is 10.0. The molecule has 0 radical (unpaired) electrons. The summed E-state index contributed by atoms with van der Waals surface area (Å²) in [6, 6.07) is 6.23. The first-order valence-electron chi connectivity index (χ1n) is 5.53. The summed E-state index contributed by atoms with van der Waals surface area (Å²) in [4.78, 5) is 16.7. The number of rotatable bonds is 2. The first kappa shape index (κ1) is 12.0. The van der Waals surface area contributed by atoms with Crippen molar-refractivity contribution in [3.63, 3.8) is 0 Å². The van der Waals surface area contributed by atoms with Crippen LogP contribution in [0.2, 0.25) is 0 Å². The van der Waals surface area contributed by atoms with Crippen LogP contribution in [0.1, 0.15) is 33.3 Å². The summed E-state index contributed by atoms with van der Waals surface area (Å²) in [6.45, 7) is 6.03. The third kappa shape index (κ3) is 2.31. The lowest BCUT2D eigenvalue weighted by molar-refractivity contribution is 1.05. The zero-order valence-electron chi connectivity index (χ0n) is 10.2. The largest absolute Gasteiger partial charge is 0.323 e. The van der Waals surface area contributed by atoms with Crippen molar-refractivity contribution in [1.29, 1.82) is 0 Å². The van der Waals surface area contributed by atoms with E-state index in [0.29, 0.717) is 0 Å². The summed E-state index contributed by atoms with van der Waals surface area (Å²) in [7, 11) is 0. The normalized spacial score (nSPS) is 12.7. The molecule has 0 fully saturated rings. The topological polar surface area (TPSA) is 48.6 Å². The van der Waals surface area contributed by atoms with Gasteiger partial charge in [-0.2, -0.15) is 12.6 Å². The van der Waals surface area contributed by atoms with E-state index in [2.05, 4.69) is 48.6 Å². The van der Waals surface area contributed by atoms with Crippen LogP contribution in [0.25, 0.3) is 0 Å². The highest BCUT2D eigenvalue weighted by Crippen LogP contribution is 2.28. The minimum absolute atomic E-state index is 0.103. The molecule has 0 aliphatic carbocycles. The molecule has 0 aliphatic heterocycles. The van der Waals surface area contributed by atoms with Gasteiger partial charge >= 0.3 is 5.69 Å². The number of imidazole rings is 1. The van der Waals surface area contributed by atoms with E-state index in [9.17, 15) is 4.79 Å². The Bertz CT molecular complexity index is 598. The molecule has 2 aromatic rings. The standard InChI is InChI=1S/C13H16N2OS/c1-7-4-5-10(6-8(7)2)12(17)11-9(3)14-13(16)15-11/h4-6,12,17H,1-3H3,(H2,14,15,16). The van der Waals surface area contributed by atoms with Gasteiger partial charge in [-0.05, 0) is 37.5 Å². The number of H-pyrrole nitrogens is 2. The summed E-state index contributed by atoms with van der Waals surface area (Å²) in [5.74, 6) is 0. The van der Waals surface area contributed by atoms with Gasteiger partial charge in [0.05, 0.1) is 10.9 Å². The zero-order valence-corrected chi connectivity index (χ0v) is 11.1. The number of aryl methyl sites for hydroxylation is 3. The maximum atomic E-state index is 11.2. The van der Waals surface area contributed by atoms with Gasteiger partial charge in [-0.3, -0.25) is 0 Å². The first-order chi connectivity index (χ1) is 7.99. The summed E-state index contributed by atoms with van der Waals surface area (Å²) in [5, 5.41) is -0.103. The van der Waals surface area contributed by atoms with Crippen LogP contribution >= 0.6 is 12.6 Å². The molecule has 1 aromatic heterocycles. The van der Waals surface area contributed by atoms with E-state index in [0.717, 1.165) is 17.0 Å². The number of nitrogens with one attached hydrogen (secondary N) is 2. The van der Waals surface area contributed by atoms with Crippen molar-refractivity contribution in [2.24, 2.45) is 0 Å². The number of aromatic nitrogens is 2. The quantitative estimate of drug-likeness (QED) is 0.703. The monoisotopic (exact) mass is 248 g/mol. The number of aromatic amines is 2. The van der Waals surface area contributed by atoms with Crippen molar-refractivity contribution < 1.29 is 0 Å². The summed E-state index contributed by atoms with van der Waals surface area (Å²) in [5.41, 5.74) is 5.08. The van der Waals surface area contributed by atoms with E-state index in [1.54, 1.807) is 0 Å². The number of hydrogen-bond acceptors (Lipinski definition) is 2. The fraction of sp³-hybridized carbons (Fsp3) is 0.308. The van der Waals surface area contributed by atoms with E-state index < -0.39 is 0 Å². The number of thiol groups is 1. The zero-order chi connectivity index (χ0) is 12.6. The lowest BCUT2D eigenvalue weighted by Crippen LogP contribution is -2.02. The van der Waals surface area contributed by atoms with Gasteiger partial charge in [0.1, 0.15) is 0 Å². The predicted octanol–water partition coefficient (Wildman–Crippen LogP) is 2.65. The molecule has 0 spiro atoms. The smallest absolute Gasteiger partial charge is 0.310 e. The van der Waals surface area contributed by atoms with Crippen LogP contribution in [0.4, 0.5) is 0 Å². The van der Waals surface area contributed by atoms with Gasteiger partial charge in [0.15, 0.2) is 0 Å². The molecule has 0 saturated heterocycles. The highest BCUT2D eigenvalue weighted by atomic mass is 32.1. The Labute approximate surface area is 106 Å². The molecular formula is C13H16N2OS. The minimum atomic E-state index is -0.180. The van der Waals surface area contributed by atoms with Crippen molar-refractivity contribution in [1.82, 2.24) is 9.97 Å². The molecule has 1 aromatic carbocycles. The van der Waals surface area contributed by atoms with E-state index in [1.165, 1.54) is 11.1 Å². The predicted molar refractivity (Wildman–Crippen MR) is 72.9 cm³/mol. The second-order valence-corrected chi connectivity index (χ2v) is 4.88. The molecule has 0 saturated carbocycles. The van der Waals surface area contributed by atoms with Crippen LogP contribution in [0.15, 0.2) is 23.0 Å². The van der Waals surface area contributed by atoms with Crippen LogP contribution in [-0.2, 0) is 0 Å². The number of benzene rings is 1. The van der Waals surface area contributed by atoms with Crippen LogP contribution in [-0.4, -0.2) is 9.97 Å². The van der Waals surface area contributed by atoms with Crippen LogP contribution in [0.5, 0.6) is 0 Å². The Morgan fingerprint density at radius 2 is 1.82 bits per heavy atom. The Kier molecular flexibility index (Phi) is 3.15. The molecule has 0 bridgehead atoms. The van der Waals surface area contributed by atoms with Gasteiger partial charge in [-0.15, -0.1) is 0 Å². The average Bonchev–Trinajstić information content (AvgIpc) is 2.61. The molecule has 2 rings (SSSR count). The lowest BCUT2D eigenvalue weighted by Gasteiger charge is -2.12. The van der Waals surface area contributed by atoms with Crippen molar-refractivity contribution in [3.05, 3.63) is 56.8 Å². The highest BCUT2D eigenvalue weighted by molar-refractivity contribution is 7.80. The third-order valence-electron chi connectivity index (χ3n) is 3.07. The first-order valence-corrected chi connectivity index (χ1v) is 6.04. The van der Waals surface area contributed by atoms with E-state index in [1.807, 2.05) is 13.0 Å². The average molecular weight is 248 g/mol. The van der Waals surface area contributed by atoms with Crippen molar-refractivity contribution in [3.8, 4) is 0 Å². The van der Waals surface area contributed by atoms with E-state index >= 15 is 0 Å². The Balaban J connectivity index is 2.43. The molecule has 1 unspecified atom stereocenters. The second kappa shape index (κ2) is 4.45. The van der Waals surface area contributed by atoms with E-state index in [4.69, 9.17) is 0 Å². The van der Waals surface area contributed by atoms with Crippen molar-refractivity contribution in [2.45, 2.75) is 26.0 Å². The second-order valence-electron chi connectivity index (χ2n) is 4.36. The molecule has 17 heavy (non-hydrogen) atoms. The van der Waals surface area contributed by atoms with Gasteiger partial charge in [-0.1, -0.05) is 18.2 Å². The fourth-order valence-electron chi connectivity index (χ4n) is 1.86. The molecule has 1 atom stereocenters. The molecule has 3 nitrogen and oxygen atoms in total. The van der Waals surface area contributed by atoms with Gasteiger partial charge in [0, 0.05) is 5.69 Å². The summed E-state index contributed by atoms with van der Waals surface area (Å²) in [6.07, 6.45) is 0. The molecular weight excluding hydrogens is 232 g/mol. The van der Waals surface area contributed by atoms with Crippen LogP contribution < -0.4 is 5.69 Å². The third-order valence-corrected chi connectivity index (χ3v) is 3.63. The molecule has 0 amide bonds. The SMILES string of the molecule is Cc1ccc(C(S)c2[nH]c(=O)[nH]c2C)cc1C. The van der Waals surface area contributed by atoms with Gasteiger partial charge < -0.3 is 9.97 Å². The number of hydrogen-bond donors (Lipinski definition) is 3. The van der Waals surface area contributed by atoms with Gasteiger partial charge in [0.25, 0.3) is 0 Å². The van der Waals surface area contributed by atoms with Crippen LogP contribution in [0.3, 0.4) is 0 Å². The molecule has 4 heteroatoms. The van der Waals surface area contributed by atoms with Gasteiger partial charge in [-0.25, -0.2) is 4.79 Å². The summed E-state index contributed by atoms with van der Waals surface area (Å²) >= 11 is 4.58. The van der Waals surface area contributed by atoms with Crippen molar-refractivity contribution in [2.75, 3.05) is 0 Å². The fourth-order valence-corrected chi connectivity index (χ4v) is 2.28. The maximum Gasteiger partial charge on any atom is 0.323 e. The maximum absolute atomic E-state index is 11.2. The Morgan fingerprint density at radius 3 is 2.35 bits per heavy atom. The highest BCUT2D eigenvalue weighted by Gasteiger charge is 2.15.